The second-order valence-electron chi connectivity index (χ2n) is 4.21. The van der Waals surface area contributed by atoms with Gasteiger partial charge in [-0.1, -0.05) is 36.4 Å². The maximum absolute atomic E-state index is 5.83. The van der Waals surface area contributed by atoms with E-state index in [0.29, 0.717) is 13.1 Å². The average molecular weight is 226 g/mol. The van der Waals surface area contributed by atoms with E-state index >= 15 is 0 Å². The molecule has 2 aromatic rings. The van der Waals surface area contributed by atoms with Gasteiger partial charge < -0.3 is 11.5 Å². The Morgan fingerprint density at radius 3 is 2.41 bits per heavy atom. The van der Waals surface area contributed by atoms with Crippen molar-refractivity contribution in [3.8, 4) is 11.1 Å². The third-order valence-corrected chi connectivity index (χ3v) is 3.09. The zero-order valence-electron chi connectivity index (χ0n) is 10.1. The third-order valence-electron chi connectivity index (χ3n) is 3.09. The van der Waals surface area contributed by atoms with E-state index in [1.165, 1.54) is 22.3 Å². The van der Waals surface area contributed by atoms with Gasteiger partial charge in [-0.2, -0.15) is 0 Å². The smallest absolute Gasteiger partial charge is 0.0186 e. The summed E-state index contributed by atoms with van der Waals surface area (Å²) >= 11 is 0. The lowest BCUT2D eigenvalue weighted by atomic mass is 9.95. The van der Waals surface area contributed by atoms with Gasteiger partial charge >= 0.3 is 0 Å². The Morgan fingerprint density at radius 2 is 1.71 bits per heavy atom. The topological polar surface area (TPSA) is 52.0 Å². The van der Waals surface area contributed by atoms with Crippen LogP contribution < -0.4 is 11.5 Å². The molecule has 0 aliphatic rings. The molecule has 0 saturated carbocycles. The van der Waals surface area contributed by atoms with E-state index in [-0.39, 0.29) is 0 Å². The predicted octanol–water partition coefficient (Wildman–Crippen LogP) is 2.58. The van der Waals surface area contributed by atoms with Gasteiger partial charge in [-0.15, -0.1) is 0 Å². The van der Waals surface area contributed by atoms with Crippen LogP contribution in [0.4, 0.5) is 0 Å². The largest absolute Gasteiger partial charge is 0.326 e. The number of rotatable bonds is 3. The van der Waals surface area contributed by atoms with Crippen molar-refractivity contribution in [3.63, 3.8) is 0 Å². The fraction of sp³-hybridized carbons (Fsp3) is 0.200. The van der Waals surface area contributed by atoms with Crippen LogP contribution in [0.2, 0.25) is 0 Å². The lowest BCUT2D eigenvalue weighted by Gasteiger charge is -2.11. The zero-order valence-corrected chi connectivity index (χ0v) is 10.1. The van der Waals surface area contributed by atoms with E-state index in [1.807, 2.05) is 12.1 Å². The zero-order chi connectivity index (χ0) is 12.3. The molecular formula is C15H18N2. The van der Waals surface area contributed by atoms with E-state index in [4.69, 9.17) is 11.5 Å². The Kier molecular flexibility index (Phi) is 3.57. The Balaban J connectivity index is 2.55. The molecule has 0 heterocycles. The van der Waals surface area contributed by atoms with Crippen LogP contribution in [-0.2, 0) is 13.1 Å². The highest BCUT2D eigenvalue weighted by molar-refractivity contribution is 5.69. The van der Waals surface area contributed by atoms with Gasteiger partial charge in [-0.05, 0) is 40.8 Å². The highest BCUT2D eigenvalue weighted by atomic mass is 14.5. The van der Waals surface area contributed by atoms with Crippen LogP contribution in [0.5, 0.6) is 0 Å². The van der Waals surface area contributed by atoms with Crippen LogP contribution in [0.1, 0.15) is 16.7 Å². The molecule has 0 spiro atoms. The fourth-order valence-electron chi connectivity index (χ4n) is 2.11. The van der Waals surface area contributed by atoms with E-state index in [9.17, 15) is 0 Å². The van der Waals surface area contributed by atoms with Gasteiger partial charge in [0.15, 0.2) is 0 Å². The molecule has 2 rings (SSSR count). The molecule has 0 radical (unpaired) electrons. The van der Waals surface area contributed by atoms with Crippen molar-refractivity contribution in [1.82, 2.24) is 0 Å². The molecule has 0 amide bonds. The molecule has 0 saturated heterocycles. The Morgan fingerprint density at radius 1 is 0.941 bits per heavy atom. The van der Waals surface area contributed by atoms with E-state index in [0.717, 1.165) is 5.56 Å². The van der Waals surface area contributed by atoms with Crippen molar-refractivity contribution in [1.29, 1.82) is 0 Å². The standard InChI is InChI=1S/C15H18N2/c1-11-4-2-7-14(15(11)10-17)13-6-3-5-12(8-13)9-16/h2-8H,9-10,16-17H2,1H3. The SMILES string of the molecule is Cc1cccc(-c2cccc(CN)c2)c1CN. The second kappa shape index (κ2) is 5.13. The first-order chi connectivity index (χ1) is 8.26. The molecule has 2 nitrogen and oxygen atoms in total. The highest BCUT2D eigenvalue weighted by Gasteiger charge is 2.06. The molecule has 0 aliphatic carbocycles. The van der Waals surface area contributed by atoms with Gasteiger partial charge in [0, 0.05) is 13.1 Å². The van der Waals surface area contributed by atoms with Crippen molar-refractivity contribution in [2.45, 2.75) is 20.0 Å². The molecule has 0 aliphatic heterocycles. The van der Waals surface area contributed by atoms with Crippen LogP contribution in [0.25, 0.3) is 11.1 Å². The summed E-state index contributed by atoms with van der Waals surface area (Å²) in [5.41, 5.74) is 17.5. The first kappa shape index (κ1) is 11.8. The molecule has 0 atom stereocenters. The van der Waals surface area contributed by atoms with Crippen LogP contribution in [0.15, 0.2) is 42.5 Å². The minimum absolute atomic E-state index is 0.564. The molecule has 2 heteroatoms. The number of hydrogen-bond donors (Lipinski definition) is 2. The molecule has 4 N–H and O–H groups in total. The average Bonchev–Trinajstić information content (AvgIpc) is 2.38. The lowest BCUT2D eigenvalue weighted by molar-refractivity contribution is 1.05. The van der Waals surface area contributed by atoms with Crippen molar-refractivity contribution in [2.75, 3.05) is 0 Å². The molecule has 88 valence electrons. The lowest BCUT2D eigenvalue weighted by Crippen LogP contribution is -2.02. The monoisotopic (exact) mass is 226 g/mol. The molecule has 0 bridgehead atoms. The van der Waals surface area contributed by atoms with E-state index < -0.39 is 0 Å². The maximum Gasteiger partial charge on any atom is 0.0186 e. The van der Waals surface area contributed by atoms with Crippen LogP contribution in [-0.4, -0.2) is 0 Å². The number of benzene rings is 2. The summed E-state index contributed by atoms with van der Waals surface area (Å²) < 4.78 is 0. The first-order valence-corrected chi connectivity index (χ1v) is 5.84. The van der Waals surface area contributed by atoms with E-state index in [2.05, 4.69) is 37.3 Å². The molecule has 2 aromatic carbocycles. The van der Waals surface area contributed by atoms with Crippen LogP contribution in [0, 0.1) is 6.92 Å². The van der Waals surface area contributed by atoms with Crippen molar-refractivity contribution in [2.24, 2.45) is 11.5 Å². The number of nitrogens with two attached hydrogens (primary N) is 2. The minimum atomic E-state index is 0.564. The molecular weight excluding hydrogens is 208 g/mol. The summed E-state index contributed by atoms with van der Waals surface area (Å²) in [5.74, 6) is 0. The Labute approximate surface area is 102 Å². The quantitative estimate of drug-likeness (QED) is 0.845. The Hall–Kier alpha value is -1.64. The molecule has 0 unspecified atom stereocenters. The van der Waals surface area contributed by atoms with Gasteiger partial charge in [0.05, 0.1) is 0 Å². The molecule has 0 aromatic heterocycles. The minimum Gasteiger partial charge on any atom is -0.326 e. The van der Waals surface area contributed by atoms with Crippen LogP contribution in [0.3, 0.4) is 0 Å². The van der Waals surface area contributed by atoms with Crippen molar-refractivity contribution >= 4 is 0 Å². The summed E-state index contributed by atoms with van der Waals surface area (Å²) in [6.07, 6.45) is 0. The van der Waals surface area contributed by atoms with Gasteiger partial charge in [0.2, 0.25) is 0 Å². The number of aryl methyl sites for hydroxylation is 1. The van der Waals surface area contributed by atoms with Gasteiger partial charge in [0.25, 0.3) is 0 Å². The van der Waals surface area contributed by atoms with Gasteiger partial charge in [0.1, 0.15) is 0 Å². The highest BCUT2D eigenvalue weighted by Crippen LogP contribution is 2.26. The second-order valence-corrected chi connectivity index (χ2v) is 4.21. The first-order valence-electron chi connectivity index (χ1n) is 5.84. The van der Waals surface area contributed by atoms with E-state index in [1.54, 1.807) is 0 Å². The van der Waals surface area contributed by atoms with Crippen molar-refractivity contribution in [3.05, 3.63) is 59.2 Å². The van der Waals surface area contributed by atoms with Gasteiger partial charge in [-0.3, -0.25) is 0 Å². The van der Waals surface area contributed by atoms with Crippen molar-refractivity contribution < 1.29 is 0 Å². The fourth-order valence-corrected chi connectivity index (χ4v) is 2.11. The predicted molar refractivity (Wildman–Crippen MR) is 72.4 cm³/mol. The molecule has 17 heavy (non-hydrogen) atoms. The summed E-state index contributed by atoms with van der Waals surface area (Å²) in [6, 6.07) is 14.6. The third kappa shape index (κ3) is 2.38. The normalized spacial score (nSPS) is 10.5. The van der Waals surface area contributed by atoms with Crippen LogP contribution >= 0.6 is 0 Å². The summed E-state index contributed by atoms with van der Waals surface area (Å²) in [6.45, 7) is 3.23. The summed E-state index contributed by atoms with van der Waals surface area (Å²) in [4.78, 5) is 0. The summed E-state index contributed by atoms with van der Waals surface area (Å²) in [7, 11) is 0. The summed E-state index contributed by atoms with van der Waals surface area (Å²) in [5, 5.41) is 0. The molecule has 0 fully saturated rings. The maximum atomic E-state index is 5.83. The van der Waals surface area contributed by atoms with Gasteiger partial charge in [-0.25, -0.2) is 0 Å². The Bertz CT molecular complexity index is 518. The number of hydrogen-bond acceptors (Lipinski definition) is 2.